The van der Waals surface area contributed by atoms with Gasteiger partial charge in [-0.3, -0.25) is 0 Å². The number of aliphatic hydroxyl groups is 2. The minimum atomic E-state index is 0.247. The predicted octanol–water partition coefficient (Wildman–Crippen LogP) is 2.70. The molecule has 0 aromatic carbocycles. The molecule has 2 N–H and O–H groups in total. The first-order chi connectivity index (χ1) is 15.4. The molecule has 0 saturated heterocycles. The van der Waals surface area contributed by atoms with Gasteiger partial charge in [0.05, 0.1) is 66.1 Å². The second-order valence-corrected chi connectivity index (χ2v) is 12.1. The lowest BCUT2D eigenvalue weighted by atomic mass is 10.8. The van der Waals surface area contributed by atoms with Gasteiger partial charge >= 0.3 is 0 Å². The SMILES string of the molecule is OCCSCCOCCSCCOCCSCCOCCSCCOCCSCCO. The highest BCUT2D eigenvalue weighted by molar-refractivity contribution is 8.00. The molecule has 0 aliphatic carbocycles. The monoisotopic (exact) mass is 538 g/mol. The average molecular weight is 539 g/mol. The van der Waals surface area contributed by atoms with Crippen LogP contribution in [0.4, 0.5) is 0 Å². The molecule has 0 fully saturated rings. The molecule has 188 valence electrons. The lowest BCUT2D eigenvalue weighted by molar-refractivity contribution is 0.162. The Balaban J connectivity index is 2.98. The molecule has 0 amide bonds. The van der Waals surface area contributed by atoms with Crippen LogP contribution in [0, 0.1) is 0 Å². The van der Waals surface area contributed by atoms with E-state index in [4.69, 9.17) is 29.2 Å². The van der Waals surface area contributed by atoms with Gasteiger partial charge in [0.2, 0.25) is 0 Å². The number of thioether (sulfide) groups is 5. The van der Waals surface area contributed by atoms with Crippen molar-refractivity contribution in [1.29, 1.82) is 0 Å². The lowest BCUT2D eigenvalue weighted by Gasteiger charge is -2.07. The van der Waals surface area contributed by atoms with Crippen molar-refractivity contribution in [3.8, 4) is 0 Å². The third-order valence-electron chi connectivity index (χ3n) is 3.45. The Morgan fingerprint density at radius 1 is 0.323 bits per heavy atom. The maximum atomic E-state index is 8.67. The highest BCUT2D eigenvalue weighted by Gasteiger charge is 1.96. The molecule has 11 heteroatoms. The van der Waals surface area contributed by atoms with Crippen LogP contribution in [0.1, 0.15) is 0 Å². The molecule has 0 heterocycles. The number of hydrogen-bond donors (Lipinski definition) is 2. The van der Waals surface area contributed by atoms with Gasteiger partial charge in [-0.15, -0.1) is 0 Å². The molecular formula is C20H42O6S5. The maximum Gasteiger partial charge on any atom is 0.0557 e. The molecule has 6 nitrogen and oxygen atoms in total. The van der Waals surface area contributed by atoms with Crippen molar-refractivity contribution in [2.24, 2.45) is 0 Å². The third-order valence-corrected chi connectivity index (χ3v) is 8.03. The molecular weight excluding hydrogens is 497 g/mol. The zero-order valence-electron chi connectivity index (χ0n) is 18.7. The first-order valence-corrected chi connectivity index (χ1v) is 16.6. The van der Waals surface area contributed by atoms with Gasteiger partial charge in [-0.1, -0.05) is 0 Å². The highest BCUT2D eigenvalue weighted by atomic mass is 32.2. The maximum absolute atomic E-state index is 8.67. The smallest absolute Gasteiger partial charge is 0.0557 e. The van der Waals surface area contributed by atoms with Crippen LogP contribution in [0.3, 0.4) is 0 Å². The molecule has 0 aliphatic heterocycles. The van der Waals surface area contributed by atoms with Gasteiger partial charge in [0.25, 0.3) is 0 Å². The number of aliphatic hydroxyl groups excluding tert-OH is 2. The zero-order chi connectivity index (χ0) is 22.5. The summed E-state index contributed by atoms with van der Waals surface area (Å²) in [4.78, 5) is 0. The number of hydrogen-bond acceptors (Lipinski definition) is 11. The van der Waals surface area contributed by atoms with Crippen LogP contribution in [0.25, 0.3) is 0 Å². The normalized spacial score (nSPS) is 11.4. The summed E-state index contributed by atoms with van der Waals surface area (Å²) in [6, 6.07) is 0. The first-order valence-electron chi connectivity index (χ1n) is 10.8. The summed E-state index contributed by atoms with van der Waals surface area (Å²) in [6.07, 6.45) is 0. The Bertz CT molecular complexity index is 294. The van der Waals surface area contributed by atoms with Gasteiger partial charge in [0.1, 0.15) is 0 Å². The van der Waals surface area contributed by atoms with Crippen LogP contribution < -0.4 is 0 Å². The zero-order valence-corrected chi connectivity index (χ0v) is 22.8. The molecule has 0 aromatic rings. The van der Waals surface area contributed by atoms with E-state index in [1.807, 2.05) is 35.3 Å². The third kappa shape index (κ3) is 31.5. The van der Waals surface area contributed by atoms with Gasteiger partial charge in [-0.2, -0.15) is 58.8 Å². The standard InChI is InChI=1S/C20H42O6S5/c21-1-11-27-13-3-23-5-15-29-17-7-25-9-19-31-20-10-26-8-18-30-16-6-24-4-14-28-12-2-22/h21-22H,1-20H2. The van der Waals surface area contributed by atoms with E-state index in [1.54, 1.807) is 23.5 Å². The van der Waals surface area contributed by atoms with Crippen LogP contribution in [0.15, 0.2) is 0 Å². The minimum Gasteiger partial charge on any atom is -0.396 e. The molecule has 0 atom stereocenters. The van der Waals surface area contributed by atoms with E-state index in [0.29, 0.717) is 0 Å². The molecule has 0 spiro atoms. The van der Waals surface area contributed by atoms with E-state index in [0.717, 1.165) is 110 Å². The van der Waals surface area contributed by atoms with Crippen LogP contribution in [-0.2, 0) is 18.9 Å². The summed E-state index contributed by atoms with van der Waals surface area (Å²) in [6.45, 7) is 6.82. The predicted molar refractivity (Wildman–Crippen MR) is 144 cm³/mol. The molecule has 0 unspecified atom stereocenters. The van der Waals surface area contributed by atoms with E-state index in [-0.39, 0.29) is 13.2 Å². The molecule has 0 aromatic heterocycles. The molecule has 0 rings (SSSR count). The largest absolute Gasteiger partial charge is 0.396 e. The Labute approximate surface area is 210 Å². The van der Waals surface area contributed by atoms with Crippen molar-refractivity contribution in [3.05, 3.63) is 0 Å². The number of ether oxygens (including phenoxy) is 4. The first kappa shape index (κ1) is 32.5. The van der Waals surface area contributed by atoms with E-state index in [2.05, 4.69) is 0 Å². The second kappa shape index (κ2) is 31.5. The van der Waals surface area contributed by atoms with E-state index >= 15 is 0 Å². The summed E-state index contributed by atoms with van der Waals surface area (Å²) in [5.74, 6) is 9.60. The fraction of sp³-hybridized carbons (Fsp3) is 1.00. The summed E-state index contributed by atoms with van der Waals surface area (Å²) in [7, 11) is 0. The minimum absolute atomic E-state index is 0.247. The Hall–Kier alpha value is 1.51. The second-order valence-electron chi connectivity index (χ2n) is 5.96. The average Bonchev–Trinajstić information content (AvgIpc) is 2.78. The number of rotatable bonds is 28. The van der Waals surface area contributed by atoms with Crippen molar-refractivity contribution in [1.82, 2.24) is 0 Å². The van der Waals surface area contributed by atoms with E-state index in [1.165, 1.54) is 0 Å². The fourth-order valence-corrected chi connectivity index (χ4v) is 5.15. The van der Waals surface area contributed by atoms with Gasteiger partial charge in [0, 0.05) is 57.5 Å². The van der Waals surface area contributed by atoms with Gasteiger partial charge in [0.15, 0.2) is 0 Å². The Morgan fingerprint density at radius 2 is 0.516 bits per heavy atom. The molecule has 31 heavy (non-hydrogen) atoms. The van der Waals surface area contributed by atoms with Crippen molar-refractivity contribution >= 4 is 58.8 Å². The molecule has 0 aliphatic rings. The van der Waals surface area contributed by atoms with Crippen molar-refractivity contribution in [2.75, 3.05) is 124 Å². The summed E-state index contributed by atoms with van der Waals surface area (Å²) in [5, 5.41) is 17.3. The van der Waals surface area contributed by atoms with Crippen LogP contribution >= 0.6 is 58.8 Å². The quantitative estimate of drug-likeness (QED) is 0.144. The fourth-order valence-electron chi connectivity index (χ4n) is 1.99. The van der Waals surface area contributed by atoms with Gasteiger partial charge < -0.3 is 29.2 Å². The van der Waals surface area contributed by atoms with E-state index < -0.39 is 0 Å². The van der Waals surface area contributed by atoms with Crippen LogP contribution in [0.2, 0.25) is 0 Å². The summed E-state index contributed by atoms with van der Waals surface area (Å²) >= 11 is 9.06. The van der Waals surface area contributed by atoms with Crippen molar-refractivity contribution in [3.63, 3.8) is 0 Å². The van der Waals surface area contributed by atoms with Crippen LogP contribution in [0.5, 0.6) is 0 Å². The molecule has 0 radical (unpaired) electrons. The summed E-state index contributed by atoms with van der Waals surface area (Å²) in [5.41, 5.74) is 0. The van der Waals surface area contributed by atoms with Crippen molar-refractivity contribution < 1.29 is 29.2 Å². The van der Waals surface area contributed by atoms with Gasteiger partial charge in [-0.05, 0) is 0 Å². The molecule has 0 saturated carbocycles. The Morgan fingerprint density at radius 3 is 0.710 bits per heavy atom. The lowest BCUT2D eigenvalue weighted by Crippen LogP contribution is -2.07. The molecule has 0 bridgehead atoms. The topological polar surface area (TPSA) is 77.4 Å². The highest BCUT2D eigenvalue weighted by Crippen LogP contribution is 2.04. The summed E-state index contributed by atoms with van der Waals surface area (Å²) < 4.78 is 22.4. The van der Waals surface area contributed by atoms with Gasteiger partial charge in [-0.25, -0.2) is 0 Å². The van der Waals surface area contributed by atoms with Crippen molar-refractivity contribution in [2.45, 2.75) is 0 Å². The van der Waals surface area contributed by atoms with Crippen LogP contribution in [-0.4, -0.2) is 134 Å². The van der Waals surface area contributed by atoms with E-state index in [9.17, 15) is 0 Å². The Kier molecular flexibility index (Phi) is 33.0.